The molecule has 0 atom stereocenters. The number of hydrogen-bond donors (Lipinski definition) is 3. The van der Waals surface area contributed by atoms with Crippen LogP contribution in [-0.2, 0) is 16.0 Å². The van der Waals surface area contributed by atoms with Crippen molar-refractivity contribution in [1.29, 1.82) is 0 Å². The first-order valence-corrected chi connectivity index (χ1v) is 8.67. The summed E-state index contributed by atoms with van der Waals surface area (Å²) in [4.78, 5) is 38.9. The number of aromatic nitrogens is 1. The molecule has 142 valence electrons. The first-order valence-electron chi connectivity index (χ1n) is 8.67. The SMILES string of the molecule is O=C(Nc1ccc2c(c1)CCCC2=O)C(=O)Nc1c[nH]c2cc(F)c(F)cc12. The average Bonchev–Trinajstić information content (AvgIpc) is 3.03. The highest BCUT2D eigenvalue weighted by Gasteiger charge is 2.20. The lowest BCUT2D eigenvalue weighted by atomic mass is 9.90. The van der Waals surface area contributed by atoms with Gasteiger partial charge in [0.2, 0.25) is 0 Å². The highest BCUT2D eigenvalue weighted by molar-refractivity contribution is 6.44. The van der Waals surface area contributed by atoms with E-state index in [9.17, 15) is 23.2 Å². The van der Waals surface area contributed by atoms with E-state index in [4.69, 9.17) is 0 Å². The van der Waals surface area contributed by atoms with Crippen LogP contribution in [0.25, 0.3) is 10.9 Å². The fourth-order valence-corrected chi connectivity index (χ4v) is 3.31. The molecule has 1 aliphatic carbocycles. The van der Waals surface area contributed by atoms with Crippen LogP contribution in [0.2, 0.25) is 0 Å². The predicted octanol–water partition coefficient (Wildman–Crippen LogP) is 3.54. The van der Waals surface area contributed by atoms with Gasteiger partial charge >= 0.3 is 11.8 Å². The number of carbonyl (C=O) groups excluding carboxylic acids is 3. The number of benzene rings is 2. The summed E-state index contributed by atoms with van der Waals surface area (Å²) in [6, 6.07) is 6.80. The van der Waals surface area contributed by atoms with Crippen molar-refractivity contribution in [2.45, 2.75) is 19.3 Å². The molecule has 0 saturated heterocycles. The van der Waals surface area contributed by atoms with Crippen LogP contribution in [0.3, 0.4) is 0 Å². The maximum atomic E-state index is 13.5. The third-order valence-corrected chi connectivity index (χ3v) is 4.69. The summed E-state index contributed by atoms with van der Waals surface area (Å²) in [5.41, 5.74) is 2.32. The smallest absolute Gasteiger partial charge is 0.314 e. The van der Waals surface area contributed by atoms with E-state index in [-0.39, 0.29) is 22.4 Å². The number of aromatic amines is 1. The van der Waals surface area contributed by atoms with Gasteiger partial charge < -0.3 is 15.6 Å². The zero-order valence-electron chi connectivity index (χ0n) is 14.6. The van der Waals surface area contributed by atoms with Crippen LogP contribution in [0.4, 0.5) is 20.2 Å². The van der Waals surface area contributed by atoms with E-state index in [2.05, 4.69) is 15.6 Å². The molecular weight excluding hydrogens is 368 g/mol. The van der Waals surface area contributed by atoms with Crippen LogP contribution in [-0.4, -0.2) is 22.6 Å². The molecule has 0 unspecified atom stereocenters. The quantitative estimate of drug-likeness (QED) is 0.591. The largest absolute Gasteiger partial charge is 0.359 e. The number of fused-ring (bicyclic) bond motifs is 2. The van der Waals surface area contributed by atoms with Crippen molar-refractivity contribution in [1.82, 2.24) is 4.98 Å². The predicted molar refractivity (Wildman–Crippen MR) is 99.2 cm³/mol. The monoisotopic (exact) mass is 383 g/mol. The minimum absolute atomic E-state index is 0.0693. The number of ketones is 1. The van der Waals surface area contributed by atoms with Crippen LogP contribution in [0.15, 0.2) is 36.5 Å². The Hall–Kier alpha value is -3.55. The summed E-state index contributed by atoms with van der Waals surface area (Å²) >= 11 is 0. The molecule has 28 heavy (non-hydrogen) atoms. The van der Waals surface area contributed by atoms with Crippen LogP contribution in [0.1, 0.15) is 28.8 Å². The first kappa shape index (κ1) is 17.8. The normalized spacial score (nSPS) is 13.3. The van der Waals surface area contributed by atoms with Gasteiger partial charge in [-0.25, -0.2) is 8.78 Å². The number of rotatable bonds is 2. The lowest BCUT2D eigenvalue weighted by Crippen LogP contribution is -2.29. The molecule has 3 N–H and O–H groups in total. The molecule has 0 fully saturated rings. The van der Waals surface area contributed by atoms with Crippen molar-refractivity contribution in [3.63, 3.8) is 0 Å². The second-order valence-electron chi connectivity index (χ2n) is 6.57. The van der Waals surface area contributed by atoms with Crippen LogP contribution in [0, 0.1) is 11.6 Å². The molecule has 0 saturated carbocycles. The second-order valence-corrected chi connectivity index (χ2v) is 6.57. The summed E-state index contributed by atoms with van der Waals surface area (Å²) in [5.74, 6) is -3.88. The highest BCUT2D eigenvalue weighted by atomic mass is 19.2. The maximum absolute atomic E-state index is 13.5. The number of halogens is 2. The Labute approximate surface area is 157 Å². The van der Waals surface area contributed by atoms with Gasteiger partial charge in [-0.1, -0.05) is 0 Å². The van der Waals surface area contributed by atoms with Crippen molar-refractivity contribution in [2.24, 2.45) is 0 Å². The van der Waals surface area contributed by atoms with E-state index in [1.165, 1.54) is 6.20 Å². The van der Waals surface area contributed by atoms with Crippen molar-refractivity contribution >= 4 is 39.9 Å². The van der Waals surface area contributed by atoms with Gasteiger partial charge in [0, 0.05) is 35.3 Å². The number of aryl methyl sites for hydroxylation is 1. The van der Waals surface area contributed by atoms with E-state index in [1.54, 1.807) is 18.2 Å². The van der Waals surface area contributed by atoms with Gasteiger partial charge in [0.25, 0.3) is 0 Å². The molecule has 6 nitrogen and oxygen atoms in total. The van der Waals surface area contributed by atoms with Crippen LogP contribution >= 0.6 is 0 Å². The highest BCUT2D eigenvalue weighted by Crippen LogP contribution is 2.26. The molecule has 0 bridgehead atoms. The molecule has 1 heterocycles. The lowest BCUT2D eigenvalue weighted by Gasteiger charge is -2.15. The summed E-state index contributed by atoms with van der Waals surface area (Å²) in [6.07, 6.45) is 3.34. The molecule has 0 aliphatic heterocycles. The van der Waals surface area contributed by atoms with Gasteiger partial charge in [-0.05, 0) is 42.7 Å². The number of H-pyrrole nitrogens is 1. The Morgan fingerprint density at radius 2 is 1.71 bits per heavy atom. The maximum Gasteiger partial charge on any atom is 0.314 e. The Morgan fingerprint density at radius 3 is 2.54 bits per heavy atom. The summed E-state index contributed by atoms with van der Waals surface area (Å²) in [5, 5.41) is 5.10. The molecule has 2 amide bonds. The van der Waals surface area contributed by atoms with E-state index in [1.807, 2.05) is 0 Å². The van der Waals surface area contributed by atoms with E-state index in [0.29, 0.717) is 17.7 Å². The van der Waals surface area contributed by atoms with Gasteiger partial charge in [-0.15, -0.1) is 0 Å². The number of anilines is 2. The van der Waals surface area contributed by atoms with Crippen molar-refractivity contribution < 1.29 is 23.2 Å². The topological polar surface area (TPSA) is 91.1 Å². The Balaban J connectivity index is 1.49. The van der Waals surface area contributed by atoms with Crippen LogP contribution < -0.4 is 10.6 Å². The lowest BCUT2D eigenvalue weighted by molar-refractivity contribution is -0.132. The number of hydrogen-bond acceptors (Lipinski definition) is 3. The first-order chi connectivity index (χ1) is 13.4. The summed E-state index contributed by atoms with van der Waals surface area (Å²) in [6.45, 7) is 0. The number of carbonyl (C=O) groups is 3. The van der Waals surface area contributed by atoms with Crippen molar-refractivity contribution in [3.05, 3.63) is 59.3 Å². The van der Waals surface area contributed by atoms with Crippen molar-refractivity contribution in [2.75, 3.05) is 10.6 Å². The zero-order chi connectivity index (χ0) is 19.8. The second kappa shape index (κ2) is 6.88. The average molecular weight is 383 g/mol. The molecule has 3 aromatic rings. The third-order valence-electron chi connectivity index (χ3n) is 4.69. The van der Waals surface area contributed by atoms with Crippen molar-refractivity contribution in [3.8, 4) is 0 Å². The Kier molecular flexibility index (Phi) is 4.38. The zero-order valence-corrected chi connectivity index (χ0v) is 14.6. The van der Waals surface area contributed by atoms with Gasteiger partial charge in [-0.3, -0.25) is 14.4 Å². The molecule has 1 aliphatic rings. The molecule has 8 heteroatoms. The molecule has 0 radical (unpaired) electrons. The fourth-order valence-electron chi connectivity index (χ4n) is 3.31. The third kappa shape index (κ3) is 3.24. The summed E-state index contributed by atoms with van der Waals surface area (Å²) < 4.78 is 26.7. The van der Waals surface area contributed by atoms with E-state index in [0.717, 1.165) is 30.5 Å². The van der Waals surface area contributed by atoms with Gasteiger partial charge in [0.15, 0.2) is 17.4 Å². The van der Waals surface area contributed by atoms with E-state index < -0.39 is 23.4 Å². The number of amides is 2. The van der Waals surface area contributed by atoms with Crippen LogP contribution in [0.5, 0.6) is 0 Å². The van der Waals surface area contributed by atoms with Gasteiger partial charge in [0.05, 0.1) is 11.2 Å². The minimum Gasteiger partial charge on any atom is -0.359 e. The standard InChI is InChI=1S/C20H15F2N3O3/c21-14-7-13-16(8-15(14)22)23-9-17(13)25-20(28)19(27)24-11-4-5-12-10(6-11)2-1-3-18(12)26/h4-9,23H,1-3H2,(H,24,27)(H,25,28). The van der Waals surface area contributed by atoms with Gasteiger partial charge in [0.1, 0.15) is 0 Å². The summed E-state index contributed by atoms with van der Waals surface area (Å²) in [7, 11) is 0. The Bertz CT molecular complexity index is 1140. The number of nitrogens with one attached hydrogen (secondary N) is 3. The van der Waals surface area contributed by atoms with Gasteiger partial charge in [-0.2, -0.15) is 0 Å². The molecule has 4 rings (SSSR count). The number of Topliss-reactive ketones (excluding diaryl/α,β-unsaturated/α-hetero) is 1. The Morgan fingerprint density at radius 1 is 0.964 bits per heavy atom. The minimum atomic E-state index is -1.06. The molecule has 0 spiro atoms. The fraction of sp³-hybridized carbons (Fsp3) is 0.150. The molecular formula is C20H15F2N3O3. The molecule has 2 aromatic carbocycles. The van der Waals surface area contributed by atoms with E-state index >= 15 is 0 Å². The molecule has 1 aromatic heterocycles.